The molecule has 4 heteroatoms. The van der Waals surface area contributed by atoms with Gasteiger partial charge in [-0.2, -0.15) is 0 Å². The summed E-state index contributed by atoms with van der Waals surface area (Å²) >= 11 is 0. The van der Waals surface area contributed by atoms with Gasteiger partial charge in [-0.05, 0) is 110 Å². The van der Waals surface area contributed by atoms with Crippen LogP contribution < -0.4 is 18.9 Å². The van der Waals surface area contributed by atoms with Crippen LogP contribution in [0, 0.1) is 27.7 Å². The van der Waals surface area contributed by atoms with Crippen molar-refractivity contribution in [1.82, 2.24) is 0 Å². The van der Waals surface area contributed by atoms with Crippen molar-refractivity contribution >= 4 is 0 Å². The maximum absolute atomic E-state index is 5.73. The van der Waals surface area contributed by atoms with E-state index in [4.69, 9.17) is 18.9 Å². The zero-order valence-corrected chi connectivity index (χ0v) is 34.2. The normalized spacial score (nSPS) is 9.27. The second-order valence-electron chi connectivity index (χ2n) is 12.8. The van der Waals surface area contributed by atoms with Crippen molar-refractivity contribution < 1.29 is 18.9 Å². The van der Waals surface area contributed by atoms with Crippen LogP contribution in [0.2, 0.25) is 0 Å². The van der Waals surface area contributed by atoms with Gasteiger partial charge in [0.1, 0.15) is 23.0 Å². The van der Waals surface area contributed by atoms with Gasteiger partial charge in [0.15, 0.2) is 0 Å². The minimum Gasteiger partial charge on any atom is -0.458 e. The molecule has 0 N–H and O–H groups in total. The highest BCUT2D eigenvalue weighted by molar-refractivity contribution is 5.66. The zero-order valence-electron chi connectivity index (χ0n) is 34.2. The summed E-state index contributed by atoms with van der Waals surface area (Å²) in [6, 6.07) is 57.7. The first-order valence-corrected chi connectivity index (χ1v) is 19.5. The van der Waals surface area contributed by atoms with Gasteiger partial charge in [0.25, 0.3) is 0 Å². The second kappa shape index (κ2) is 29.0. The van der Waals surface area contributed by atoms with Crippen molar-refractivity contribution in [2.75, 3.05) is 13.6 Å². The monoisotopic (exact) mass is 809 g/mol. The molecule has 0 aromatic heterocycles. The fourth-order valence-corrected chi connectivity index (χ4v) is 5.43. The quantitative estimate of drug-likeness (QED) is 0.122. The lowest BCUT2D eigenvalue weighted by atomic mass is 10.0. The van der Waals surface area contributed by atoms with E-state index in [0.717, 1.165) is 23.0 Å². The van der Waals surface area contributed by atoms with Gasteiger partial charge in [0, 0.05) is 0 Å². The second-order valence-corrected chi connectivity index (χ2v) is 12.8. The summed E-state index contributed by atoms with van der Waals surface area (Å²) < 4.78 is 22.7. The Hall–Kier alpha value is -6.26. The van der Waals surface area contributed by atoms with E-state index in [9.17, 15) is 0 Å². The van der Waals surface area contributed by atoms with Crippen molar-refractivity contribution in [3.63, 3.8) is 0 Å². The molecule has 0 heterocycles. The van der Waals surface area contributed by atoms with Gasteiger partial charge in [0.05, 0.1) is 0 Å². The summed E-state index contributed by atoms with van der Waals surface area (Å²) in [4.78, 5) is 0. The third-order valence-corrected chi connectivity index (χ3v) is 8.64. The van der Waals surface area contributed by atoms with Crippen LogP contribution in [0.4, 0.5) is 0 Å². The third-order valence-electron chi connectivity index (χ3n) is 8.64. The topological polar surface area (TPSA) is 36.9 Å². The number of hydrogen-bond donors (Lipinski definition) is 0. The maximum atomic E-state index is 5.73. The summed E-state index contributed by atoms with van der Waals surface area (Å²) in [5.41, 5.74) is 12.1. The molecule has 0 atom stereocenters. The van der Waals surface area contributed by atoms with Gasteiger partial charge < -0.3 is 18.9 Å². The van der Waals surface area contributed by atoms with Gasteiger partial charge >= 0.3 is 0 Å². The molecule has 7 aromatic carbocycles. The molecule has 0 spiro atoms. The summed E-state index contributed by atoms with van der Waals surface area (Å²) in [6.07, 6.45) is 0. The Morgan fingerprint density at radius 3 is 0.550 bits per heavy atom. The largest absolute Gasteiger partial charge is 0.458 e. The van der Waals surface area contributed by atoms with Crippen molar-refractivity contribution in [3.05, 3.63) is 192 Å². The van der Waals surface area contributed by atoms with Gasteiger partial charge in [-0.1, -0.05) is 201 Å². The Bertz CT molecular complexity index is 2010. The molecule has 0 bridgehead atoms. The van der Waals surface area contributed by atoms with Crippen molar-refractivity contribution in [3.8, 4) is 56.4 Å². The van der Waals surface area contributed by atoms with E-state index in [1.54, 1.807) is 0 Å². The van der Waals surface area contributed by atoms with Crippen LogP contribution in [0.15, 0.2) is 170 Å². The van der Waals surface area contributed by atoms with Crippen LogP contribution in [0.25, 0.3) is 33.4 Å². The van der Waals surface area contributed by atoms with Gasteiger partial charge in [-0.15, -0.1) is 0 Å². The molecule has 0 aliphatic heterocycles. The first kappa shape index (κ1) is 53.7. The van der Waals surface area contributed by atoms with E-state index < -0.39 is 0 Å². The van der Waals surface area contributed by atoms with E-state index in [2.05, 4.69) is 137 Å². The molecule has 0 radical (unpaired) electrons. The molecule has 4 nitrogen and oxygen atoms in total. The van der Waals surface area contributed by atoms with Crippen LogP contribution in [0.3, 0.4) is 0 Å². The average molecular weight is 809 g/mol. The molecule has 0 saturated heterocycles. The zero-order chi connectivity index (χ0) is 40.1. The fourth-order valence-electron chi connectivity index (χ4n) is 5.43. The summed E-state index contributed by atoms with van der Waals surface area (Å²) in [5, 5.41) is 0. The van der Waals surface area contributed by atoms with Crippen LogP contribution >= 0.6 is 0 Å². The Kier molecular flexibility index (Phi) is 26.0. The van der Waals surface area contributed by atoms with Gasteiger partial charge in [0.2, 0.25) is 13.6 Å². The molecule has 7 rings (SSSR count). The highest BCUT2D eigenvalue weighted by Gasteiger charge is 2.03. The number of benzene rings is 7. The highest BCUT2D eigenvalue weighted by atomic mass is 16.7. The summed E-state index contributed by atoms with van der Waals surface area (Å²) in [5.74, 6) is 3.19. The van der Waals surface area contributed by atoms with Crippen LogP contribution in [0.1, 0.15) is 79.7 Å². The molecular weight excluding hydrogens is 737 g/mol. The molecule has 0 unspecified atom stereocenters. The van der Waals surface area contributed by atoms with E-state index in [1.807, 2.05) is 88.4 Å². The Morgan fingerprint density at radius 2 is 0.367 bits per heavy atom. The van der Waals surface area contributed by atoms with Crippen molar-refractivity contribution in [2.45, 2.75) is 85.1 Å². The number of ether oxygens (including phenoxy) is 4. The predicted octanol–water partition coefficient (Wildman–Crippen LogP) is 17.0. The summed E-state index contributed by atoms with van der Waals surface area (Å²) in [7, 11) is 0. The minimum atomic E-state index is 0. The molecular formula is C56H72O4. The van der Waals surface area contributed by atoms with Crippen molar-refractivity contribution in [1.29, 1.82) is 0 Å². The highest BCUT2D eigenvalue weighted by Crippen LogP contribution is 2.26. The predicted molar refractivity (Wildman–Crippen MR) is 263 cm³/mol. The molecule has 7 aromatic rings. The lowest BCUT2D eigenvalue weighted by molar-refractivity contribution is 0.119. The van der Waals surface area contributed by atoms with E-state index >= 15 is 0 Å². The van der Waals surface area contributed by atoms with E-state index in [0.29, 0.717) is 0 Å². The number of aryl methyl sites for hydroxylation is 4. The third kappa shape index (κ3) is 17.3. The van der Waals surface area contributed by atoms with Gasteiger partial charge in [-0.25, -0.2) is 0 Å². The Labute approximate surface area is 364 Å². The molecule has 320 valence electrons. The number of rotatable bonds is 11. The lowest BCUT2D eigenvalue weighted by Crippen LogP contribution is -2.05. The molecule has 0 aliphatic rings. The smallest absolute Gasteiger partial charge is 0.230 e. The lowest BCUT2D eigenvalue weighted by Gasteiger charge is -2.10. The fraction of sp³-hybridized carbons (Fsp3) is 0.250. The average Bonchev–Trinajstić information content (AvgIpc) is 3.25. The Balaban J connectivity index is 0.00000103. The molecule has 0 saturated carbocycles. The first-order valence-electron chi connectivity index (χ1n) is 19.5. The first-order chi connectivity index (χ1) is 27.4. The van der Waals surface area contributed by atoms with Crippen molar-refractivity contribution in [2.24, 2.45) is 0 Å². The molecule has 0 fully saturated rings. The van der Waals surface area contributed by atoms with E-state index in [-0.39, 0.29) is 43.3 Å². The number of hydrogen-bond acceptors (Lipinski definition) is 4. The Morgan fingerprint density at radius 1 is 0.233 bits per heavy atom. The standard InChI is InChI=1S/C27H24O2.C21H20O2.2C2H6.4CH4/c1-20-3-7-22(8-4-20)24-11-15-26(16-12-24)28-19-29-27-17-13-25(14-18-27)23-9-5-21(2)6-10-23;1-16-3-7-18(8-4-16)19-9-13-21(14-10-19)23-15-22-20-11-5-17(2)6-12-20;2*1-2;;;;/h3-18H,19H2,1-2H3;3-14H,15H2,1-2H3;2*1-2H3;4*1H4. The van der Waals surface area contributed by atoms with Crippen LogP contribution in [-0.2, 0) is 0 Å². The van der Waals surface area contributed by atoms with Gasteiger partial charge in [-0.3, -0.25) is 0 Å². The van der Waals surface area contributed by atoms with E-state index in [1.165, 1.54) is 55.6 Å². The SMILES string of the molecule is C.C.C.C.CC.CC.Cc1ccc(-c2ccc(OCOc3ccc(-c4ccc(C)cc4)cc3)cc2)cc1.Cc1ccc(OCOc2ccc(-c3ccc(C)cc3)cc2)cc1. The maximum Gasteiger partial charge on any atom is 0.230 e. The van der Waals surface area contributed by atoms with Crippen LogP contribution in [-0.4, -0.2) is 13.6 Å². The van der Waals surface area contributed by atoms with Crippen LogP contribution in [0.5, 0.6) is 23.0 Å². The summed E-state index contributed by atoms with van der Waals surface area (Å²) in [6.45, 7) is 16.7. The minimum absolute atomic E-state index is 0. The molecule has 0 aliphatic carbocycles. The molecule has 60 heavy (non-hydrogen) atoms. The molecule has 0 amide bonds.